The average Bonchev–Trinajstić information content (AvgIpc) is 2.60. The molecule has 0 spiro atoms. The van der Waals surface area contributed by atoms with Crippen molar-refractivity contribution in [2.75, 3.05) is 0 Å². The number of halogens is 1. The maximum absolute atomic E-state index is 11.9. The fraction of sp³-hybridized carbons (Fsp3) is 0.571. The van der Waals surface area contributed by atoms with Gasteiger partial charge in [-0.05, 0) is 90.8 Å². The first-order chi connectivity index (χ1) is 12.1. The predicted molar refractivity (Wildman–Crippen MR) is 110 cm³/mol. The Morgan fingerprint density at radius 1 is 0.960 bits per heavy atom. The second kappa shape index (κ2) is 9.17. The highest BCUT2D eigenvalue weighted by Crippen LogP contribution is 2.36. The Hall–Kier alpha value is -0.880. The van der Waals surface area contributed by atoms with Crippen molar-refractivity contribution < 1.29 is 9.53 Å². The topological polar surface area (TPSA) is 52.3 Å². The number of amides is 1. The fourth-order valence-electron chi connectivity index (χ4n) is 4.21. The van der Waals surface area contributed by atoms with E-state index < -0.39 is 0 Å². The molecule has 3 aliphatic rings. The van der Waals surface area contributed by atoms with E-state index in [1.807, 2.05) is 18.2 Å². The van der Waals surface area contributed by atoms with Crippen molar-refractivity contribution in [1.29, 1.82) is 0 Å². The molecule has 2 fully saturated rings. The summed E-state index contributed by atoms with van der Waals surface area (Å²) in [6.45, 7) is 0. The molecule has 0 aromatic heterocycles. The molecule has 0 unspecified atom stereocenters. The molecule has 2 N–H and O–H groups in total. The molecule has 4 heteroatoms. The van der Waals surface area contributed by atoms with Gasteiger partial charge in [-0.15, -0.1) is 0 Å². The summed E-state index contributed by atoms with van der Waals surface area (Å²) in [5.41, 5.74) is 7.40. The zero-order chi connectivity index (χ0) is 17.6. The third-order valence-corrected chi connectivity index (χ3v) is 6.29. The van der Waals surface area contributed by atoms with Crippen molar-refractivity contribution >= 4 is 28.5 Å². The van der Waals surface area contributed by atoms with E-state index in [1.54, 1.807) is 0 Å². The molecule has 0 atom stereocenters. The highest BCUT2D eigenvalue weighted by Gasteiger charge is 2.28. The van der Waals surface area contributed by atoms with Crippen LogP contribution in [0.15, 0.2) is 45.1 Å². The Morgan fingerprint density at radius 3 is 2.32 bits per heavy atom. The van der Waals surface area contributed by atoms with Crippen molar-refractivity contribution in [3.63, 3.8) is 0 Å². The standard InChI is InChI=1S/C21H28INO2/c22-16-5-4-8-20(21(23)24)19(14-11-16)15-9-12-18(13-10-15)25-17-6-2-1-3-7-17/h4-5,8,11,14-15,17-18H,1-3,6-7,9-10,12-13H2,(H2,23,24)/b5-4?,8-4-,14-11-,16-5+,16-11?,19-14?,20-8?,20-19-. The van der Waals surface area contributed by atoms with Crippen LogP contribution < -0.4 is 5.73 Å². The van der Waals surface area contributed by atoms with Gasteiger partial charge >= 0.3 is 0 Å². The van der Waals surface area contributed by atoms with Gasteiger partial charge in [-0.3, -0.25) is 4.79 Å². The number of primary amides is 1. The van der Waals surface area contributed by atoms with Gasteiger partial charge in [0.05, 0.1) is 12.2 Å². The normalized spacial score (nSPS) is 36.0. The molecular weight excluding hydrogens is 425 g/mol. The van der Waals surface area contributed by atoms with E-state index in [1.165, 1.54) is 32.1 Å². The lowest BCUT2D eigenvalue weighted by atomic mass is 9.79. The van der Waals surface area contributed by atoms with Gasteiger partial charge < -0.3 is 10.5 Å². The highest BCUT2D eigenvalue weighted by molar-refractivity contribution is 14.1. The van der Waals surface area contributed by atoms with Crippen LogP contribution in [-0.2, 0) is 9.53 Å². The van der Waals surface area contributed by atoms with Crippen molar-refractivity contribution in [1.82, 2.24) is 0 Å². The zero-order valence-electron chi connectivity index (χ0n) is 14.8. The summed E-state index contributed by atoms with van der Waals surface area (Å²) in [5, 5.41) is 0. The number of carbonyl (C=O) groups excluding carboxylic acids is 1. The molecule has 0 aromatic carbocycles. The van der Waals surface area contributed by atoms with E-state index in [4.69, 9.17) is 10.5 Å². The van der Waals surface area contributed by atoms with Crippen LogP contribution in [0.5, 0.6) is 0 Å². The molecule has 0 aliphatic heterocycles. The molecule has 1 amide bonds. The third-order valence-electron chi connectivity index (χ3n) is 5.57. The number of hydrogen-bond acceptors (Lipinski definition) is 2. The molecule has 0 radical (unpaired) electrons. The lowest BCUT2D eigenvalue weighted by Crippen LogP contribution is -2.29. The second-order valence-corrected chi connectivity index (χ2v) is 8.59. The zero-order valence-corrected chi connectivity index (χ0v) is 16.9. The first kappa shape index (κ1) is 18.9. The van der Waals surface area contributed by atoms with E-state index in [0.29, 0.717) is 23.7 Å². The lowest BCUT2D eigenvalue weighted by Gasteiger charge is -2.33. The quantitative estimate of drug-likeness (QED) is 0.601. The average molecular weight is 453 g/mol. The molecule has 0 aromatic rings. The Labute approximate surface area is 164 Å². The summed E-state index contributed by atoms with van der Waals surface area (Å²) >= 11 is 2.30. The Morgan fingerprint density at radius 2 is 1.64 bits per heavy atom. The first-order valence-electron chi connectivity index (χ1n) is 9.55. The third kappa shape index (κ3) is 5.30. The molecule has 3 aliphatic carbocycles. The monoisotopic (exact) mass is 453 g/mol. The van der Waals surface area contributed by atoms with Crippen LogP contribution in [0.25, 0.3) is 0 Å². The van der Waals surface area contributed by atoms with Gasteiger partial charge in [-0.25, -0.2) is 0 Å². The van der Waals surface area contributed by atoms with E-state index in [-0.39, 0.29) is 5.91 Å². The minimum atomic E-state index is -0.332. The highest BCUT2D eigenvalue weighted by atomic mass is 127. The number of ether oxygens (including phenoxy) is 1. The fourth-order valence-corrected chi connectivity index (χ4v) is 4.60. The first-order valence-corrected chi connectivity index (χ1v) is 10.6. The molecule has 0 saturated heterocycles. The van der Waals surface area contributed by atoms with Crippen molar-refractivity contribution in [3.05, 3.63) is 45.1 Å². The number of nitrogens with two attached hydrogens (primary N) is 1. The molecule has 3 nitrogen and oxygen atoms in total. The van der Waals surface area contributed by atoms with E-state index in [2.05, 4.69) is 34.7 Å². The van der Waals surface area contributed by atoms with Gasteiger partial charge in [-0.2, -0.15) is 0 Å². The number of allylic oxidation sites excluding steroid dienone is 6. The van der Waals surface area contributed by atoms with Gasteiger partial charge in [0.25, 0.3) is 0 Å². The molecule has 0 heterocycles. The Kier molecular flexibility index (Phi) is 6.93. The van der Waals surface area contributed by atoms with Crippen LogP contribution in [0.1, 0.15) is 57.8 Å². The van der Waals surface area contributed by atoms with E-state index in [0.717, 1.165) is 34.8 Å². The minimum absolute atomic E-state index is 0.332. The maximum Gasteiger partial charge on any atom is 0.248 e. The lowest BCUT2D eigenvalue weighted by molar-refractivity contribution is -0.114. The SMILES string of the molecule is NC(=O)C1=C(C2CCC(OC3CCCCC3)CC2)/C=C\C(I)=C/C=C\1. The minimum Gasteiger partial charge on any atom is -0.375 e. The summed E-state index contributed by atoms with van der Waals surface area (Å²) in [5.74, 6) is 0.0682. The molecule has 0 bridgehead atoms. The summed E-state index contributed by atoms with van der Waals surface area (Å²) in [6, 6.07) is 0. The molecule has 2 saturated carbocycles. The van der Waals surface area contributed by atoms with Crippen LogP contribution in [0.2, 0.25) is 0 Å². The van der Waals surface area contributed by atoms with Crippen LogP contribution >= 0.6 is 22.6 Å². The second-order valence-electron chi connectivity index (χ2n) is 7.35. The van der Waals surface area contributed by atoms with Crippen LogP contribution in [0.4, 0.5) is 0 Å². The molecular formula is C21H28INO2. The van der Waals surface area contributed by atoms with Gasteiger partial charge in [0.1, 0.15) is 0 Å². The summed E-state index contributed by atoms with van der Waals surface area (Å²) in [4.78, 5) is 11.9. The molecule has 136 valence electrons. The van der Waals surface area contributed by atoms with Gasteiger partial charge in [-0.1, -0.05) is 31.4 Å². The maximum atomic E-state index is 11.9. The molecule has 3 rings (SSSR count). The largest absolute Gasteiger partial charge is 0.375 e. The van der Waals surface area contributed by atoms with Crippen molar-refractivity contribution in [2.45, 2.75) is 70.0 Å². The number of rotatable bonds is 4. The summed E-state index contributed by atoms with van der Waals surface area (Å²) < 4.78 is 7.51. The van der Waals surface area contributed by atoms with E-state index in [9.17, 15) is 4.79 Å². The summed E-state index contributed by atoms with van der Waals surface area (Å²) in [6.07, 6.45) is 21.6. The van der Waals surface area contributed by atoms with Crippen molar-refractivity contribution in [2.24, 2.45) is 11.7 Å². The summed E-state index contributed by atoms with van der Waals surface area (Å²) in [7, 11) is 0. The Balaban J connectivity index is 1.64. The Bertz CT molecular complexity index is 603. The van der Waals surface area contributed by atoms with Gasteiger partial charge in [0, 0.05) is 9.15 Å². The number of hydrogen-bond donors (Lipinski definition) is 1. The number of carbonyl (C=O) groups is 1. The van der Waals surface area contributed by atoms with Gasteiger partial charge in [0.2, 0.25) is 5.91 Å². The predicted octanol–water partition coefficient (Wildman–Crippen LogP) is 5.12. The van der Waals surface area contributed by atoms with Crippen LogP contribution in [-0.4, -0.2) is 18.1 Å². The van der Waals surface area contributed by atoms with Gasteiger partial charge in [0.15, 0.2) is 0 Å². The van der Waals surface area contributed by atoms with E-state index >= 15 is 0 Å². The smallest absolute Gasteiger partial charge is 0.248 e. The van der Waals surface area contributed by atoms with Crippen LogP contribution in [0.3, 0.4) is 0 Å². The van der Waals surface area contributed by atoms with Crippen LogP contribution in [0, 0.1) is 5.92 Å². The molecule has 25 heavy (non-hydrogen) atoms. The van der Waals surface area contributed by atoms with Crippen molar-refractivity contribution in [3.8, 4) is 0 Å².